The Hall–Kier alpha value is -2.99. The predicted octanol–water partition coefficient (Wildman–Crippen LogP) is -0.937. The van der Waals surface area contributed by atoms with Crippen molar-refractivity contribution in [3.63, 3.8) is 0 Å². The number of hydrogen-bond donors (Lipinski definition) is 14. The molecule has 5 saturated carbocycles. The Morgan fingerprint density at radius 1 is 0.533 bits per heavy atom. The van der Waals surface area contributed by atoms with E-state index in [9.17, 15) is 85.9 Å². The van der Waals surface area contributed by atoms with Crippen LogP contribution in [0.3, 0.4) is 0 Å². The summed E-state index contributed by atoms with van der Waals surface area (Å²) in [4.78, 5) is 41.0. The summed E-state index contributed by atoms with van der Waals surface area (Å²) in [7, 11) is 0. The van der Waals surface area contributed by atoms with E-state index in [0.29, 0.717) is 44.1 Å². The monoisotopic (exact) mass is 1320 g/mol. The zero-order chi connectivity index (χ0) is 67.8. The summed E-state index contributed by atoms with van der Waals surface area (Å²) in [6.07, 6.45) is -37.9. The van der Waals surface area contributed by atoms with Gasteiger partial charge in [0.05, 0.1) is 42.5 Å². The smallest absolute Gasteiger partial charge is 0.335 e. The average Bonchev–Trinajstić information content (AvgIpc) is 1.37. The highest BCUT2D eigenvalue weighted by Gasteiger charge is 2.86. The summed E-state index contributed by atoms with van der Waals surface area (Å²) in [5, 5.41) is 158. The molecule has 33 atom stereocenters. The summed E-state index contributed by atoms with van der Waals surface area (Å²) in [5.41, 5.74) is -5.77. The Kier molecular flexibility index (Phi) is 20.1. The third kappa shape index (κ3) is 11.0. The van der Waals surface area contributed by atoms with Crippen molar-refractivity contribution < 1.29 is 138 Å². The first-order chi connectivity index (χ1) is 42.9. The fourth-order valence-corrected chi connectivity index (χ4v) is 19.2. The van der Waals surface area contributed by atoms with Crippen molar-refractivity contribution in [2.24, 2.45) is 50.2 Å². The molecule has 5 saturated heterocycles. The average molecular weight is 1320 g/mol. The number of carboxylic acids is 1. The highest BCUT2D eigenvalue weighted by Crippen LogP contribution is 2.82. The van der Waals surface area contributed by atoms with Gasteiger partial charge in [-0.3, -0.25) is 0 Å². The third-order valence-corrected chi connectivity index (χ3v) is 24.7. The van der Waals surface area contributed by atoms with Crippen LogP contribution in [0.1, 0.15) is 134 Å². The molecule has 2 bridgehead atoms. The number of aliphatic hydroxyl groups excluding tert-OH is 13. The highest BCUT2D eigenvalue weighted by molar-refractivity contribution is 5.89. The van der Waals surface area contributed by atoms with Crippen LogP contribution < -0.4 is 0 Å². The summed E-state index contributed by atoms with van der Waals surface area (Å²) >= 11 is 0. The zero-order valence-electron chi connectivity index (χ0n) is 54.4. The number of allylic oxidation sites excluding steroid dienone is 2. The minimum atomic E-state index is -2.30. The van der Waals surface area contributed by atoms with E-state index in [1.54, 1.807) is 39.8 Å². The van der Waals surface area contributed by atoms with Crippen molar-refractivity contribution in [2.75, 3.05) is 13.2 Å². The van der Waals surface area contributed by atoms with Crippen LogP contribution in [0, 0.1) is 50.2 Å². The van der Waals surface area contributed by atoms with Crippen molar-refractivity contribution >= 4 is 17.9 Å². The van der Waals surface area contributed by atoms with Gasteiger partial charge in [-0.1, -0.05) is 60.6 Å². The van der Waals surface area contributed by atoms with Crippen molar-refractivity contribution in [1.29, 1.82) is 0 Å². The van der Waals surface area contributed by atoms with Gasteiger partial charge in [0, 0.05) is 27.9 Å². The van der Waals surface area contributed by atoms with Crippen LogP contribution in [-0.4, -0.2) is 262 Å². The topological polar surface area (TPSA) is 436 Å². The van der Waals surface area contributed by atoms with Crippen LogP contribution in [0.4, 0.5) is 0 Å². The molecule has 5 aliphatic heterocycles. The molecular weight excluding hydrogens is 1220 g/mol. The first kappa shape index (κ1) is 71.8. The van der Waals surface area contributed by atoms with Gasteiger partial charge in [0.1, 0.15) is 91.6 Å². The van der Waals surface area contributed by atoms with E-state index in [2.05, 4.69) is 20.8 Å². The van der Waals surface area contributed by atoms with Crippen LogP contribution >= 0.6 is 0 Å². The molecule has 0 radical (unpaired) electrons. The van der Waals surface area contributed by atoms with E-state index in [-0.39, 0.29) is 30.3 Å². The lowest BCUT2D eigenvalue weighted by Gasteiger charge is -2.75. The second-order valence-electron chi connectivity index (χ2n) is 30.0. The van der Waals surface area contributed by atoms with E-state index < -0.39 is 229 Å². The van der Waals surface area contributed by atoms with Crippen LogP contribution in [0.2, 0.25) is 0 Å². The molecule has 5 heterocycles. The van der Waals surface area contributed by atoms with Crippen molar-refractivity contribution in [3.05, 3.63) is 23.3 Å². The number of carboxylic acid groups (broad SMARTS) is 1. The number of carbonyl (C=O) groups is 3. The molecule has 0 amide bonds. The van der Waals surface area contributed by atoms with Gasteiger partial charge in [-0.25, -0.2) is 14.4 Å². The summed E-state index contributed by atoms with van der Waals surface area (Å²) in [6.45, 7) is 20.7. The largest absolute Gasteiger partial charge is 0.479 e. The fraction of sp³-hybridized carbons (Fsp3) is 0.891. The number of aliphatic carboxylic acids is 1. The van der Waals surface area contributed by atoms with E-state index in [0.717, 1.165) is 0 Å². The van der Waals surface area contributed by atoms with Gasteiger partial charge in [0.25, 0.3) is 0 Å². The molecule has 10 aliphatic rings. The lowest BCUT2D eigenvalue weighted by molar-refractivity contribution is -0.406. The Morgan fingerprint density at radius 2 is 1.05 bits per heavy atom. The van der Waals surface area contributed by atoms with Crippen molar-refractivity contribution in [1.82, 2.24) is 0 Å². The number of rotatable bonds is 15. The summed E-state index contributed by atoms with van der Waals surface area (Å²) < 4.78 is 69.2. The minimum Gasteiger partial charge on any atom is -0.479 e. The number of esters is 2. The van der Waals surface area contributed by atoms with Gasteiger partial charge in [0.2, 0.25) is 0 Å². The number of carbonyl (C=O) groups excluding carboxylic acids is 2. The van der Waals surface area contributed by atoms with Crippen LogP contribution in [0.25, 0.3) is 0 Å². The maximum absolute atomic E-state index is 14.0. The Labute approximate surface area is 534 Å². The Bertz CT molecular complexity index is 2760. The second-order valence-corrected chi connectivity index (χ2v) is 30.0. The zero-order valence-corrected chi connectivity index (χ0v) is 54.4. The van der Waals surface area contributed by atoms with E-state index in [1.807, 2.05) is 27.7 Å². The standard InChI is InChI=1S/C64H100O28/c1-13-25(3)51(79)90-48-49(91-52(80)26(4)14-2)64-32(21-58(48,6)7)63(92-57(64)81)20-16-31-60(10)18-17-34(59(8,9)30(60)15-19-61(31,11)62(63,12)22-33(64)67)85-56-47(89-54-42(75)39(72)36(69)28(23-65)83-54)44(43(76)45(87-56)50(77)78)86-55-46(40(73)37(70)29(24-66)84-55)88-53-41(74)38(71)35(68)27(5)82-53/h13-14,27-49,53-57,65-76,81H,15-24H2,1-12H3,(H,77,78)/b25-13-,26-14-/t27-,28+,29+,30?,31?,32?,33?,34-,35+,36-,37-,38+,39-,40-,41+,42+,43-,44-,45-,46+,47+,48-,49-,53-,54-,55-,56+,57?,60-,61+,62?,63-,64?/m0/s1. The molecule has 0 aromatic rings. The van der Waals surface area contributed by atoms with Gasteiger partial charge in [-0.15, -0.1) is 0 Å². The maximum Gasteiger partial charge on any atom is 0.335 e. The fourth-order valence-electron chi connectivity index (χ4n) is 19.2. The Morgan fingerprint density at radius 3 is 1.64 bits per heavy atom. The lowest BCUT2D eigenvalue weighted by Crippen LogP contribution is -2.77. The summed E-state index contributed by atoms with van der Waals surface area (Å²) in [5.74, 6) is -3.89. The van der Waals surface area contributed by atoms with Gasteiger partial charge < -0.3 is 124 Å². The van der Waals surface area contributed by atoms with Crippen LogP contribution in [0.15, 0.2) is 23.3 Å². The molecule has 28 heteroatoms. The second kappa shape index (κ2) is 25.7. The van der Waals surface area contributed by atoms with E-state index in [1.165, 1.54) is 6.92 Å². The first-order valence-electron chi connectivity index (χ1n) is 32.5. The summed E-state index contributed by atoms with van der Waals surface area (Å²) in [6, 6.07) is 0. The van der Waals surface area contributed by atoms with Gasteiger partial charge in [-0.05, 0) is 114 Å². The van der Waals surface area contributed by atoms with Crippen LogP contribution in [0.5, 0.6) is 0 Å². The third-order valence-electron chi connectivity index (χ3n) is 24.7. The number of fused-ring (bicyclic) bond motifs is 4. The molecule has 0 aromatic carbocycles. The van der Waals surface area contributed by atoms with E-state index in [4.69, 9.17) is 52.1 Å². The van der Waals surface area contributed by atoms with Gasteiger partial charge in [0.15, 0.2) is 43.7 Å². The normalized spacial score (nSPS) is 52.4. The SMILES string of the molecule is C/C=C(/C)C(=O)O[C@H]1[C@H](OC(=O)/C(C)=C\C)C23C(O)CC4(C)[C@@](CCC5[C@@]6(C)CC[C@H](O[C@@H]7O[C@H](C(=O)O)[C@@H](O)[C@H](O[C@@H]8O[C@H](CO)[C@H](O)[C@H](O)[C@H]8O[C@@H]8O[C@@H](C)[C@@H](O)[C@@H](O)[C@H]8O)[C@H]7O[C@@H]7O[C@H](CO)[C@H](O)[C@H](O)[C@H]7O)C(C)(C)C6CC[C@]54C)(OC2O)C3CC1(C)C. The molecule has 5 aliphatic carbocycles. The van der Waals surface area contributed by atoms with Gasteiger partial charge >= 0.3 is 17.9 Å². The van der Waals surface area contributed by atoms with Crippen molar-refractivity contribution in [2.45, 2.75) is 294 Å². The lowest BCUT2D eigenvalue weighted by atomic mass is 9.30. The molecule has 1 spiro atoms. The molecule has 14 N–H and O–H groups in total. The maximum atomic E-state index is 14.0. The molecule has 92 heavy (non-hydrogen) atoms. The van der Waals surface area contributed by atoms with Gasteiger partial charge in [-0.2, -0.15) is 0 Å². The first-order valence-corrected chi connectivity index (χ1v) is 32.5. The predicted molar refractivity (Wildman–Crippen MR) is 312 cm³/mol. The molecule has 10 fully saturated rings. The quantitative estimate of drug-likeness (QED) is 0.0535. The molecule has 0 aromatic heterocycles. The Balaban J connectivity index is 0.976. The molecule has 7 unspecified atom stereocenters. The number of ether oxygens (including phenoxy) is 11. The molecule has 524 valence electrons. The highest BCUT2D eigenvalue weighted by atomic mass is 16.8. The minimum absolute atomic E-state index is 0.0674. The van der Waals surface area contributed by atoms with E-state index >= 15 is 0 Å². The molecular formula is C64H100O28. The number of aliphatic hydroxyl groups is 13. The number of hydrogen-bond acceptors (Lipinski definition) is 27. The van der Waals surface area contributed by atoms with Crippen molar-refractivity contribution in [3.8, 4) is 0 Å². The molecule has 28 nitrogen and oxygen atoms in total. The van der Waals surface area contributed by atoms with Crippen LogP contribution in [-0.2, 0) is 66.5 Å². The molecule has 10 rings (SSSR count).